The molecule has 0 aliphatic heterocycles. The van der Waals surface area contributed by atoms with Crippen LogP contribution < -0.4 is 5.56 Å². The second-order valence-electron chi connectivity index (χ2n) is 5.21. The molecule has 124 valence electrons. The summed E-state index contributed by atoms with van der Waals surface area (Å²) in [6.07, 6.45) is 3.37. The smallest absolute Gasteiger partial charge is 0.282 e. The number of nitrogens with one attached hydrogen (secondary N) is 1. The minimum atomic E-state index is -0.503. The molecule has 3 aromatic rings. The van der Waals surface area contributed by atoms with Gasteiger partial charge in [-0.15, -0.1) is 0 Å². The predicted molar refractivity (Wildman–Crippen MR) is 97.4 cm³/mol. The number of hydrogen-bond donors (Lipinski definition) is 1. The molecular weight excluding hydrogens is 361 g/mol. The first-order chi connectivity index (χ1) is 12.0. The van der Waals surface area contributed by atoms with Crippen molar-refractivity contribution < 1.29 is 4.42 Å². The van der Waals surface area contributed by atoms with Crippen molar-refractivity contribution in [2.45, 2.75) is 6.92 Å². The van der Waals surface area contributed by atoms with Gasteiger partial charge in [0.2, 0.25) is 0 Å². The first kappa shape index (κ1) is 17.0. The zero-order valence-electron chi connectivity index (χ0n) is 13.0. The monoisotopic (exact) mass is 371 g/mol. The highest BCUT2D eigenvalue weighted by atomic mass is 35.5. The SMILES string of the molecule is Cc1c(/C=C/c2ccc(-c3ccc(Cl)c(Cl)c3)o2)n[nH]c(=O)c1C#N. The Morgan fingerprint density at radius 2 is 2.00 bits per heavy atom. The summed E-state index contributed by atoms with van der Waals surface area (Å²) in [5, 5.41) is 16.2. The quantitative estimate of drug-likeness (QED) is 0.723. The van der Waals surface area contributed by atoms with Crippen molar-refractivity contribution in [1.82, 2.24) is 10.2 Å². The second kappa shape index (κ2) is 6.98. The third-order valence-corrected chi connectivity index (χ3v) is 4.35. The molecule has 1 N–H and O–H groups in total. The highest BCUT2D eigenvalue weighted by Gasteiger charge is 2.09. The van der Waals surface area contributed by atoms with Crippen LogP contribution in [-0.2, 0) is 0 Å². The van der Waals surface area contributed by atoms with E-state index in [9.17, 15) is 4.79 Å². The first-order valence-electron chi connectivity index (χ1n) is 7.22. The molecule has 0 saturated carbocycles. The predicted octanol–water partition coefficient (Wildman–Crippen LogP) is 4.69. The van der Waals surface area contributed by atoms with Gasteiger partial charge in [-0.3, -0.25) is 4.79 Å². The zero-order valence-corrected chi connectivity index (χ0v) is 14.5. The van der Waals surface area contributed by atoms with E-state index in [-0.39, 0.29) is 5.56 Å². The lowest BCUT2D eigenvalue weighted by molar-refractivity contribution is 0.572. The highest BCUT2D eigenvalue weighted by Crippen LogP contribution is 2.30. The molecule has 1 aromatic carbocycles. The molecule has 0 radical (unpaired) electrons. The molecule has 7 heteroatoms. The molecule has 0 aliphatic rings. The molecule has 0 spiro atoms. The summed E-state index contributed by atoms with van der Waals surface area (Å²) in [5.41, 5.74) is 1.35. The van der Waals surface area contributed by atoms with Gasteiger partial charge in [0.1, 0.15) is 23.2 Å². The number of benzene rings is 1. The Kier molecular flexibility index (Phi) is 4.75. The molecule has 5 nitrogen and oxygen atoms in total. The number of H-pyrrole nitrogens is 1. The summed E-state index contributed by atoms with van der Waals surface area (Å²) in [6.45, 7) is 1.67. The lowest BCUT2D eigenvalue weighted by atomic mass is 10.1. The number of aromatic amines is 1. The van der Waals surface area contributed by atoms with E-state index in [4.69, 9.17) is 32.9 Å². The number of nitrogens with zero attached hydrogens (tertiary/aromatic N) is 2. The van der Waals surface area contributed by atoms with Crippen LogP contribution in [0.25, 0.3) is 23.5 Å². The first-order valence-corrected chi connectivity index (χ1v) is 7.98. The number of nitriles is 1. The summed E-state index contributed by atoms with van der Waals surface area (Å²) in [6, 6.07) is 10.7. The van der Waals surface area contributed by atoms with Gasteiger partial charge < -0.3 is 4.42 Å². The third-order valence-electron chi connectivity index (χ3n) is 3.61. The minimum Gasteiger partial charge on any atom is -0.457 e. The molecule has 2 heterocycles. The van der Waals surface area contributed by atoms with Crippen molar-refractivity contribution >= 4 is 35.4 Å². The molecule has 0 bridgehead atoms. The Hall–Kier alpha value is -2.81. The molecule has 2 aromatic heterocycles. The number of hydrogen-bond acceptors (Lipinski definition) is 4. The molecule has 0 aliphatic carbocycles. The van der Waals surface area contributed by atoms with E-state index in [1.54, 1.807) is 37.3 Å². The standard InChI is InChI=1S/C18H11Cl2N3O2/c1-10-13(9-21)18(24)23-22-16(10)6-3-12-4-7-17(25-12)11-2-5-14(19)15(20)8-11/h2-8H,1H3,(H,23,24)/b6-3+. The Bertz CT molecular complexity index is 1070. The molecule has 0 unspecified atom stereocenters. The zero-order chi connectivity index (χ0) is 18.0. The molecule has 0 amide bonds. The van der Waals surface area contributed by atoms with Crippen LogP contribution in [0.4, 0.5) is 0 Å². The summed E-state index contributed by atoms with van der Waals surface area (Å²) < 4.78 is 5.75. The van der Waals surface area contributed by atoms with Crippen LogP contribution in [0.5, 0.6) is 0 Å². The maximum absolute atomic E-state index is 11.5. The second-order valence-corrected chi connectivity index (χ2v) is 6.03. The highest BCUT2D eigenvalue weighted by molar-refractivity contribution is 6.42. The van der Waals surface area contributed by atoms with E-state index in [1.807, 2.05) is 18.2 Å². The van der Waals surface area contributed by atoms with Crippen molar-refractivity contribution in [3.63, 3.8) is 0 Å². The van der Waals surface area contributed by atoms with Gasteiger partial charge in [0.25, 0.3) is 5.56 Å². The number of furan rings is 1. The molecule has 25 heavy (non-hydrogen) atoms. The molecule has 0 atom stereocenters. The Morgan fingerprint density at radius 3 is 2.72 bits per heavy atom. The van der Waals surface area contributed by atoms with Crippen LogP contribution in [0.2, 0.25) is 10.0 Å². The van der Waals surface area contributed by atoms with Gasteiger partial charge in [0, 0.05) is 5.56 Å². The van der Waals surface area contributed by atoms with Crippen LogP contribution in [0.15, 0.2) is 39.5 Å². The van der Waals surface area contributed by atoms with Gasteiger partial charge in [-0.05, 0) is 55.0 Å². The van der Waals surface area contributed by atoms with Crippen LogP contribution in [-0.4, -0.2) is 10.2 Å². The maximum Gasteiger partial charge on any atom is 0.282 e. The molecule has 0 saturated heterocycles. The van der Waals surface area contributed by atoms with Crippen LogP contribution >= 0.6 is 23.2 Å². The van der Waals surface area contributed by atoms with Gasteiger partial charge in [-0.25, -0.2) is 5.10 Å². The largest absolute Gasteiger partial charge is 0.457 e. The Labute approximate surface area is 153 Å². The van der Waals surface area contributed by atoms with Crippen LogP contribution in [0.3, 0.4) is 0 Å². The fraction of sp³-hybridized carbons (Fsp3) is 0.0556. The van der Waals surface area contributed by atoms with Gasteiger partial charge in [0.05, 0.1) is 15.7 Å². The van der Waals surface area contributed by atoms with E-state index in [0.717, 1.165) is 5.56 Å². The summed E-state index contributed by atoms with van der Waals surface area (Å²) >= 11 is 11.9. The van der Waals surface area contributed by atoms with Crippen LogP contribution in [0.1, 0.15) is 22.6 Å². The van der Waals surface area contributed by atoms with Crippen molar-refractivity contribution in [2.24, 2.45) is 0 Å². The fourth-order valence-corrected chi connectivity index (χ4v) is 2.55. The van der Waals surface area contributed by atoms with E-state index in [1.165, 1.54) is 0 Å². The van der Waals surface area contributed by atoms with Crippen molar-refractivity contribution in [1.29, 1.82) is 5.26 Å². The lowest BCUT2D eigenvalue weighted by Gasteiger charge is -2.00. The number of halogens is 2. The van der Waals surface area contributed by atoms with E-state index >= 15 is 0 Å². The van der Waals surface area contributed by atoms with E-state index in [2.05, 4.69) is 10.2 Å². The van der Waals surface area contributed by atoms with Gasteiger partial charge in [-0.2, -0.15) is 10.4 Å². The Morgan fingerprint density at radius 1 is 1.20 bits per heavy atom. The number of aromatic nitrogens is 2. The van der Waals surface area contributed by atoms with Gasteiger partial charge >= 0.3 is 0 Å². The number of rotatable bonds is 3. The van der Waals surface area contributed by atoms with Crippen molar-refractivity contribution in [3.05, 3.63) is 73.3 Å². The minimum absolute atomic E-state index is 0.0468. The maximum atomic E-state index is 11.5. The van der Waals surface area contributed by atoms with Crippen molar-refractivity contribution in [3.8, 4) is 17.4 Å². The molecular formula is C18H11Cl2N3O2. The van der Waals surface area contributed by atoms with Crippen molar-refractivity contribution in [2.75, 3.05) is 0 Å². The van der Waals surface area contributed by atoms with Crippen LogP contribution in [0, 0.1) is 18.3 Å². The molecule has 3 rings (SSSR count). The topological polar surface area (TPSA) is 82.7 Å². The Balaban J connectivity index is 1.89. The summed E-state index contributed by atoms with van der Waals surface area (Å²) in [4.78, 5) is 11.5. The average molecular weight is 372 g/mol. The summed E-state index contributed by atoms with van der Waals surface area (Å²) in [5.74, 6) is 1.23. The van der Waals surface area contributed by atoms with Gasteiger partial charge in [-0.1, -0.05) is 23.2 Å². The molecule has 0 fully saturated rings. The average Bonchev–Trinajstić information content (AvgIpc) is 3.06. The lowest BCUT2D eigenvalue weighted by Crippen LogP contribution is -2.15. The normalized spacial score (nSPS) is 11.0. The van der Waals surface area contributed by atoms with E-state index in [0.29, 0.717) is 32.8 Å². The third kappa shape index (κ3) is 3.50. The summed E-state index contributed by atoms with van der Waals surface area (Å²) in [7, 11) is 0. The fourth-order valence-electron chi connectivity index (χ4n) is 2.25. The van der Waals surface area contributed by atoms with E-state index < -0.39 is 5.56 Å². The van der Waals surface area contributed by atoms with Gasteiger partial charge in [0.15, 0.2) is 0 Å².